The summed E-state index contributed by atoms with van der Waals surface area (Å²) in [6.45, 7) is 2.14. The molecule has 0 atom stereocenters. The van der Waals surface area contributed by atoms with Gasteiger partial charge in [-0.2, -0.15) is 0 Å². The molecule has 0 saturated heterocycles. The SMILES string of the molecule is COc1cccn(CC(=O)N2Cc3nc(C)n(C)c(=O)c3C2)c1=O. The molecule has 0 aromatic carbocycles. The van der Waals surface area contributed by atoms with Crippen molar-refractivity contribution >= 4 is 5.91 Å². The highest BCUT2D eigenvalue weighted by Crippen LogP contribution is 2.18. The smallest absolute Gasteiger partial charge is 0.293 e. The molecule has 0 unspecified atom stereocenters. The summed E-state index contributed by atoms with van der Waals surface area (Å²) in [5.74, 6) is 0.543. The summed E-state index contributed by atoms with van der Waals surface area (Å²) < 4.78 is 7.74. The van der Waals surface area contributed by atoms with Gasteiger partial charge in [0.05, 0.1) is 31.5 Å². The Bertz CT molecular complexity index is 929. The lowest BCUT2D eigenvalue weighted by atomic mass is 10.2. The molecule has 0 spiro atoms. The van der Waals surface area contributed by atoms with E-state index in [4.69, 9.17) is 4.74 Å². The zero-order chi connectivity index (χ0) is 17.4. The van der Waals surface area contributed by atoms with E-state index < -0.39 is 0 Å². The Kier molecular flexibility index (Phi) is 3.96. The van der Waals surface area contributed by atoms with Crippen LogP contribution in [0, 0.1) is 6.92 Å². The van der Waals surface area contributed by atoms with Gasteiger partial charge >= 0.3 is 0 Å². The Labute approximate surface area is 137 Å². The van der Waals surface area contributed by atoms with E-state index in [1.165, 1.54) is 27.3 Å². The number of hydrogen-bond acceptors (Lipinski definition) is 5. The number of hydrogen-bond donors (Lipinski definition) is 0. The molecule has 1 aliphatic heterocycles. The summed E-state index contributed by atoms with van der Waals surface area (Å²) in [4.78, 5) is 42.8. The van der Waals surface area contributed by atoms with E-state index in [0.717, 1.165) is 0 Å². The maximum Gasteiger partial charge on any atom is 0.293 e. The molecule has 8 nitrogen and oxygen atoms in total. The van der Waals surface area contributed by atoms with Crippen LogP contribution in [0.1, 0.15) is 17.1 Å². The number of methoxy groups -OCH3 is 1. The van der Waals surface area contributed by atoms with Crippen LogP contribution >= 0.6 is 0 Å². The molecule has 0 bridgehead atoms. The number of rotatable bonds is 3. The van der Waals surface area contributed by atoms with Gasteiger partial charge in [-0.05, 0) is 19.1 Å². The summed E-state index contributed by atoms with van der Waals surface area (Å²) in [5, 5.41) is 0. The highest BCUT2D eigenvalue weighted by Gasteiger charge is 2.28. The zero-order valence-electron chi connectivity index (χ0n) is 13.8. The summed E-state index contributed by atoms with van der Waals surface area (Å²) in [7, 11) is 3.06. The molecule has 3 rings (SSSR count). The van der Waals surface area contributed by atoms with Crippen molar-refractivity contribution in [3.63, 3.8) is 0 Å². The van der Waals surface area contributed by atoms with Crippen LogP contribution in [-0.2, 0) is 31.5 Å². The molecule has 0 saturated carbocycles. The Morgan fingerprint density at radius 3 is 2.75 bits per heavy atom. The van der Waals surface area contributed by atoms with Crippen molar-refractivity contribution in [2.75, 3.05) is 7.11 Å². The first-order valence-electron chi connectivity index (χ1n) is 7.49. The standard InChI is InChI=1S/C16H18N4O4/c1-10-17-12-8-20(7-11(12)15(22)18(10)2)14(21)9-19-6-4-5-13(24-3)16(19)23/h4-6H,7-9H2,1-3H3. The molecule has 24 heavy (non-hydrogen) atoms. The van der Waals surface area contributed by atoms with Gasteiger partial charge in [0.15, 0.2) is 5.75 Å². The summed E-state index contributed by atoms with van der Waals surface area (Å²) in [5.41, 5.74) is 0.665. The van der Waals surface area contributed by atoms with Crippen molar-refractivity contribution in [1.29, 1.82) is 0 Å². The molecular formula is C16H18N4O4. The van der Waals surface area contributed by atoms with Gasteiger partial charge in [-0.25, -0.2) is 4.98 Å². The molecule has 2 aromatic rings. The number of carbonyl (C=O) groups excluding carboxylic acids is 1. The van der Waals surface area contributed by atoms with E-state index in [-0.39, 0.29) is 42.4 Å². The molecule has 126 valence electrons. The van der Waals surface area contributed by atoms with E-state index in [9.17, 15) is 14.4 Å². The zero-order valence-corrected chi connectivity index (χ0v) is 13.8. The number of carbonyl (C=O) groups is 1. The number of fused-ring (bicyclic) bond motifs is 1. The number of nitrogens with zero attached hydrogens (tertiary/aromatic N) is 4. The predicted octanol–water partition coefficient (Wildman–Crippen LogP) is -0.199. The number of ether oxygens (including phenoxy) is 1. The first kappa shape index (κ1) is 16.0. The van der Waals surface area contributed by atoms with Crippen molar-refractivity contribution < 1.29 is 9.53 Å². The predicted molar refractivity (Wildman–Crippen MR) is 85.7 cm³/mol. The topological polar surface area (TPSA) is 86.4 Å². The van der Waals surface area contributed by atoms with Crippen LogP contribution in [0.25, 0.3) is 0 Å². The minimum Gasteiger partial charge on any atom is -0.491 e. The lowest BCUT2D eigenvalue weighted by molar-refractivity contribution is -0.132. The van der Waals surface area contributed by atoms with Crippen LogP contribution in [0.4, 0.5) is 0 Å². The summed E-state index contributed by atoms with van der Waals surface area (Å²) in [6.07, 6.45) is 1.54. The Balaban J connectivity index is 1.83. The second kappa shape index (κ2) is 5.95. The molecule has 1 amide bonds. The second-order valence-corrected chi connectivity index (χ2v) is 5.71. The van der Waals surface area contributed by atoms with Crippen molar-refractivity contribution in [3.8, 4) is 5.75 Å². The van der Waals surface area contributed by atoms with Crippen LogP contribution in [-0.4, -0.2) is 32.0 Å². The molecule has 3 heterocycles. The molecule has 0 aliphatic carbocycles. The normalized spacial score (nSPS) is 13.0. The highest BCUT2D eigenvalue weighted by atomic mass is 16.5. The van der Waals surface area contributed by atoms with E-state index in [0.29, 0.717) is 17.1 Å². The number of amides is 1. The second-order valence-electron chi connectivity index (χ2n) is 5.71. The lowest BCUT2D eigenvalue weighted by Crippen LogP contribution is -2.33. The number of aryl methyl sites for hydroxylation is 1. The molecule has 8 heteroatoms. The summed E-state index contributed by atoms with van der Waals surface area (Å²) in [6, 6.07) is 3.19. The lowest BCUT2D eigenvalue weighted by Gasteiger charge is -2.16. The van der Waals surface area contributed by atoms with Gasteiger partial charge in [0.25, 0.3) is 11.1 Å². The van der Waals surface area contributed by atoms with Gasteiger partial charge < -0.3 is 14.2 Å². The van der Waals surface area contributed by atoms with E-state index in [1.54, 1.807) is 26.1 Å². The minimum atomic E-state index is -0.366. The third-order valence-electron chi connectivity index (χ3n) is 4.25. The van der Waals surface area contributed by atoms with Gasteiger partial charge in [-0.1, -0.05) is 0 Å². The maximum atomic E-state index is 12.5. The Morgan fingerprint density at radius 1 is 1.29 bits per heavy atom. The van der Waals surface area contributed by atoms with E-state index in [1.807, 2.05) is 0 Å². The first-order valence-corrected chi connectivity index (χ1v) is 7.49. The Hall–Kier alpha value is -2.90. The third-order valence-corrected chi connectivity index (χ3v) is 4.25. The van der Waals surface area contributed by atoms with Crippen LogP contribution in [0.15, 0.2) is 27.9 Å². The van der Waals surface area contributed by atoms with Crippen LogP contribution < -0.4 is 15.9 Å². The Morgan fingerprint density at radius 2 is 2.04 bits per heavy atom. The minimum absolute atomic E-state index is 0.108. The van der Waals surface area contributed by atoms with Gasteiger partial charge in [0.2, 0.25) is 5.91 Å². The van der Waals surface area contributed by atoms with Crippen LogP contribution in [0.2, 0.25) is 0 Å². The van der Waals surface area contributed by atoms with Crippen molar-refractivity contribution in [2.45, 2.75) is 26.6 Å². The average Bonchev–Trinajstić information content (AvgIpc) is 2.99. The van der Waals surface area contributed by atoms with E-state index >= 15 is 0 Å². The monoisotopic (exact) mass is 330 g/mol. The maximum absolute atomic E-state index is 12.5. The molecule has 0 N–H and O–H groups in total. The quantitative estimate of drug-likeness (QED) is 0.778. The average molecular weight is 330 g/mol. The molecule has 2 aromatic heterocycles. The van der Waals surface area contributed by atoms with Crippen LogP contribution in [0.3, 0.4) is 0 Å². The molecule has 0 radical (unpaired) electrons. The number of aromatic nitrogens is 3. The van der Waals surface area contributed by atoms with Gasteiger partial charge in [-0.15, -0.1) is 0 Å². The fourth-order valence-electron chi connectivity index (χ4n) is 2.74. The molecule has 1 aliphatic rings. The van der Waals surface area contributed by atoms with Crippen molar-refractivity contribution in [3.05, 3.63) is 56.1 Å². The van der Waals surface area contributed by atoms with E-state index in [2.05, 4.69) is 4.98 Å². The largest absolute Gasteiger partial charge is 0.491 e. The first-order chi connectivity index (χ1) is 11.4. The molecular weight excluding hydrogens is 312 g/mol. The summed E-state index contributed by atoms with van der Waals surface area (Å²) >= 11 is 0. The number of pyridine rings is 1. The van der Waals surface area contributed by atoms with Gasteiger partial charge in [0, 0.05) is 13.2 Å². The van der Waals surface area contributed by atoms with Crippen LogP contribution in [0.5, 0.6) is 5.75 Å². The fourth-order valence-corrected chi connectivity index (χ4v) is 2.74. The highest BCUT2D eigenvalue weighted by molar-refractivity contribution is 5.76. The van der Waals surface area contributed by atoms with Gasteiger partial charge in [-0.3, -0.25) is 19.0 Å². The molecule has 0 fully saturated rings. The van der Waals surface area contributed by atoms with Gasteiger partial charge in [0.1, 0.15) is 12.4 Å². The van der Waals surface area contributed by atoms with Crippen molar-refractivity contribution in [2.24, 2.45) is 7.05 Å². The third kappa shape index (κ3) is 2.60. The van der Waals surface area contributed by atoms with Crippen molar-refractivity contribution in [1.82, 2.24) is 19.0 Å². The fraction of sp³-hybridized carbons (Fsp3) is 0.375.